The lowest BCUT2D eigenvalue weighted by molar-refractivity contribution is 0.617. The molecule has 16 heavy (non-hydrogen) atoms. The van der Waals surface area contributed by atoms with Crippen LogP contribution in [0.5, 0.6) is 0 Å². The fraction of sp³-hybridized carbons (Fsp3) is 0.111. The minimum absolute atomic E-state index is 0.238. The fourth-order valence-corrected chi connectivity index (χ4v) is 2.28. The number of aromatic nitrogens is 3. The highest BCUT2D eigenvalue weighted by atomic mass is 35.5. The number of hydrogen-bond donors (Lipinski definition) is 2. The summed E-state index contributed by atoms with van der Waals surface area (Å²) in [6, 6.07) is 4.58. The van der Waals surface area contributed by atoms with Gasteiger partial charge in [0.05, 0.1) is 0 Å². The molecule has 0 fully saturated rings. The second-order valence-corrected chi connectivity index (χ2v) is 4.34. The number of nitrogen functional groups attached to an aromatic ring is 1. The Kier molecular flexibility index (Phi) is 3.31. The largest absolute Gasteiger partial charge is 0.368 e. The number of nitrogens with one attached hydrogen (secondary N) is 1. The van der Waals surface area contributed by atoms with Crippen molar-refractivity contribution in [2.45, 2.75) is 10.9 Å². The van der Waals surface area contributed by atoms with Gasteiger partial charge in [-0.3, -0.25) is 0 Å². The van der Waals surface area contributed by atoms with E-state index in [0.29, 0.717) is 21.5 Å². The van der Waals surface area contributed by atoms with Crippen molar-refractivity contribution in [2.75, 3.05) is 5.73 Å². The van der Waals surface area contributed by atoms with Crippen LogP contribution in [0, 0.1) is 5.82 Å². The van der Waals surface area contributed by atoms with Crippen LogP contribution in [0.3, 0.4) is 0 Å². The molecular weight excluding hydrogens is 251 g/mol. The van der Waals surface area contributed by atoms with Crippen molar-refractivity contribution in [1.82, 2.24) is 15.2 Å². The fourth-order valence-electron chi connectivity index (χ4n) is 1.13. The number of hydrogen-bond acceptors (Lipinski definition) is 4. The number of H-pyrrole nitrogens is 1. The Morgan fingerprint density at radius 3 is 2.94 bits per heavy atom. The number of aromatic amines is 1. The second kappa shape index (κ2) is 4.71. The van der Waals surface area contributed by atoms with E-state index in [1.165, 1.54) is 17.8 Å². The lowest BCUT2D eigenvalue weighted by atomic mass is 10.2. The van der Waals surface area contributed by atoms with Crippen LogP contribution >= 0.6 is 23.4 Å². The van der Waals surface area contributed by atoms with E-state index >= 15 is 0 Å². The average Bonchev–Trinajstić information content (AvgIpc) is 2.63. The predicted octanol–water partition coefficient (Wildman–Crippen LogP) is 2.47. The lowest BCUT2D eigenvalue weighted by Gasteiger charge is -2.03. The lowest BCUT2D eigenvalue weighted by Crippen LogP contribution is -1.89. The summed E-state index contributed by atoms with van der Waals surface area (Å²) in [5.41, 5.74) is 5.81. The summed E-state index contributed by atoms with van der Waals surface area (Å²) < 4.78 is 13.4. The summed E-state index contributed by atoms with van der Waals surface area (Å²) in [4.78, 5) is 3.89. The zero-order valence-electron chi connectivity index (χ0n) is 8.08. The molecule has 84 valence electrons. The highest BCUT2D eigenvalue weighted by Gasteiger charge is 2.09. The first-order valence-corrected chi connectivity index (χ1v) is 5.76. The molecule has 2 aromatic rings. The molecular formula is C9H8ClFN4S. The van der Waals surface area contributed by atoms with E-state index in [-0.39, 0.29) is 11.8 Å². The average molecular weight is 259 g/mol. The van der Waals surface area contributed by atoms with Crippen LogP contribution in [0.2, 0.25) is 5.02 Å². The summed E-state index contributed by atoms with van der Waals surface area (Å²) in [6.45, 7) is 0. The van der Waals surface area contributed by atoms with Crippen molar-refractivity contribution in [2.24, 2.45) is 0 Å². The molecule has 0 saturated carbocycles. The van der Waals surface area contributed by atoms with Gasteiger partial charge in [-0.25, -0.2) is 9.49 Å². The van der Waals surface area contributed by atoms with Crippen molar-refractivity contribution in [3.63, 3.8) is 0 Å². The molecule has 7 heteroatoms. The van der Waals surface area contributed by atoms with Gasteiger partial charge in [0.1, 0.15) is 5.82 Å². The van der Waals surface area contributed by atoms with Gasteiger partial charge in [0.25, 0.3) is 0 Å². The number of nitrogens with zero attached hydrogens (tertiary/aromatic N) is 2. The van der Waals surface area contributed by atoms with Crippen LogP contribution < -0.4 is 5.73 Å². The minimum Gasteiger partial charge on any atom is -0.368 e. The molecule has 0 saturated heterocycles. The van der Waals surface area contributed by atoms with Gasteiger partial charge in [-0.1, -0.05) is 29.4 Å². The van der Waals surface area contributed by atoms with Gasteiger partial charge >= 0.3 is 0 Å². The molecule has 0 radical (unpaired) electrons. The number of halogens is 2. The molecule has 1 aromatic carbocycles. The van der Waals surface area contributed by atoms with Gasteiger partial charge in [0.15, 0.2) is 0 Å². The number of benzene rings is 1. The number of anilines is 1. The maximum absolute atomic E-state index is 13.4. The van der Waals surface area contributed by atoms with Gasteiger partial charge in [0.2, 0.25) is 11.1 Å². The van der Waals surface area contributed by atoms with Crippen LogP contribution in [-0.4, -0.2) is 15.2 Å². The molecule has 0 unspecified atom stereocenters. The number of nitrogens with two attached hydrogens (primary N) is 1. The third-order valence-electron chi connectivity index (χ3n) is 1.89. The van der Waals surface area contributed by atoms with Crippen molar-refractivity contribution in [1.29, 1.82) is 0 Å². The normalized spacial score (nSPS) is 10.6. The Bertz CT molecular complexity index is 482. The Hall–Kier alpha value is -1.27. The van der Waals surface area contributed by atoms with Crippen molar-refractivity contribution in [3.05, 3.63) is 34.6 Å². The molecule has 0 bridgehead atoms. The van der Waals surface area contributed by atoms with E-state index in [4.69, 9.17) is 17.3 Å². The highest BCUT2D eigenvalue weighted by Crippen LogP contribution is 2.26. The van der Waals surface area contributed by atoms with Crippen LogP contribution in [0.25, 0.3) is 0 Å². The molecule has 1 heterocycles. The summed E-state index contributed by atoms with van der Waals surface area (Å²) in [5.74, 6) is 0.272. The Balaban J connectivity index is 2.10. The maximum Gasteiger partial charge on any atom is 0.216 e. The van der Waals surface area contributed by atoms with E-state index in [9.17, 15) is 4.39 Å². The van der Waals surface area contributed by atoms with Crippen molar-refractivity contribution < 1.29 is 4.39 Å². The zero-order valence-corrected chi connectivity index (χ0v) is 9.65. The maximum atomic E-state index is 13.4. The molecule has 0 aliphatic rings. The van der Waals surface area contributed by atoms with Crippen LogP contribution in [0.1, 0.15) is 5.56 Å². The molecule has 3 N–H and O–H groups in total. The Morgan fingerprint density at radius 2 is 2.31 bits per heavy atom. The minimum atomic E-state index is -0.330. The first-order chi connectivity index (χ1) is 7.66. The highest BCUT2D eigenvalue weighted by molar-refractivity contribution is 7.98. The predicted molar refractivity (Wildman–Crippen MR) is 61.8 cm³/mol. The molecule has 2 rings (SSSR count). The Labute approximate surface area is 100 Å². The standard InChI is InChI=1S/C9H8ClFN4S/c10-6-2-1-3-7(11)5(6)4-16-9-13-8(12)14-15-9/h1-3H,4H2,(H3,12,13,14,15). The molecule has 4 nitrogen and oxygen atoms in total. The van der Waals surface area contributed by atoms with Crippen LogP contribution in [-0.2, 0) is 5.75 Å². The number of thioether (sulfide) groups is 1. The molecule has 1 aromatic heterocycles. The molecule has 0 atom stereocenters. The molecule has 0 spiro atoms. The van der Waals surface area contributed by atoms with Crippen LogP contribution in [0.4, 0.5) is 10.3 Å². The second-order valence-electron chi connectivity index (χ2n) is 2.99. The Morgan fingerprint density at radius 1 is 1.50 bits per heavy atom. The van der Waals surface area contributed by atoms with Gasteiger partial charge in [-0.05, 0) is 12.1 Å². The van der Waals surface area contributed by atoms with Crippen molar-refractivity contribution >= 4 is 29.3 Å². The first-order valence-electron chi connectivity index (χ1n) is 4.40. The van der Waals surface area contributed by atoms with E-state index < -0.39 is 0 Å². The van der Waals surface area contributed by atoms with Gasteiger partial charge in [-0.15, -0.1) is 5.10 Å². The summed E-state index contributed by atoms with van der Waals surface area (Å²) in [5, 5.41) is 7.20. The zero-order chi connectivity index (χ0) is 11.5. The number of rotatable bonds is 3. The van der Waals surface area contributed by atoms with E-state index in [1.54, 1.807) is 12.1 Å². The van der Waals surface area contributed by atoms with E-state index in [0.717, 1.165) is 0 Å². The third kappa shape index (κ3) is 2.45. The van der Waals surface area contributed by atoms with Crippen molar-refractivity contribution in [3.8, 4) is 0 Å². The smallest absolute Gasteiger partial charge is 0.216 e. The third-order valence-corrected chi connectivity index (χ3v) is 3.12. The molecule has 0 aliphatic heterocycles. The summed E-state index contributed by atoms with van der Waals surface area (Å²) in [7, 11) is 0. The van der Waals surface area contributed by atoms with E-state index in [2.05, 4.69) is 15.2 Å². The molecule has 0 aliphatic carbocycles. The van der Waals surface area contributed by atoms with Gasteiger partial charge < -0.3 is 5.73 Å². The van der Waals surface area contributed by atoms with Crippen LogP contribution in [0.15, 0.2) is 23.4 Å². The molecule has 0 amide bonds. The SMILES string of the molecule is Nc1nc(SCc2c(F)cccc2Cl)n[nH]1. The quantitative estimate of drug-likeness (QED) is 0.830. The summed E-state index contributed by atoms with van der Waals surface area (Å²) in [6.07, 6.45) is 0. The van der Waals surface area contributed by atoms with Gasteiger partial charge in [-0.2, -0.15) is 4.98 Å². The van der Waals surface area contributed by atoms with E-state index in [1.807, 2.05) is 0 Å². The summed E-state index contributed by atoms with van der Waals surface area (Å²) >= 11 is 7.14. The van der Waals surface area contributed by atoms with Gasteiger partial charge in [0, 0.05) is 16.3 Å². The topological polar surface area (TPSA) is 67.6 Å². The monoisotopic (exact) mass is 258 g/mol. The first kappa shape index (κ1) is 11.2.